The molecule has 0 bridgehead atoms. The minimum atomic E-state index is -0.689. The summed E-state index contributed by atoms with van der Waals surface area (Å²) in [7, 11) is 0. The van der Waals surface area contributed by atoms with Crippen LogP contribution in [0.4, 0.5) is 0 Å². The van der Waals surface area contributed by atoms with Crippen LogP contribution >= 0.6 is 0 Å². The number of hydrogen-bond acceptors (Lipinski definition) is 6. The summed E-state index contributed by atoms with van der Waals surface area (Å²) < 4.78 is 5.44. The van der Waals surface area contributed by atoms with Gasteiger partial charge in [0, 0.05) is 18.4 Å². The van der Waals surface area contributed by atoms with Gasteiger partial charge in [0.15, 0.2) is 0 Å². The van der Waals surface area contributed by atoms with E-state index in [4.69, 9.17) is 4.74 Å². The lowest BCUT2D eigenvalue weighted by Crippen LogP contribution is -2.28. The number of hydrogen-bond donors (Lipinski definition) is 3. The molecule has 1 heterocycles. The SMILES string of the molecule is CCOc1ccccc1/C=N/NC(=O)CCc1n[nH]c(=O)[nH]c1=O. The van der Waals surface area contributed by atoms with E-state index in [9.17, 15) is 14.4 Å². The fraction of sp³-hybridized carbons (Fsp3) is 0.267. The standard InChI is InChI=1S/C15H17N5O4/c1-2-24-12-6-4-3-5-10(12)9-16-19-13(21)8-7-11-14(22)17-15(23)20-18-11/h3-6,9H,2,7-8H2,1H3,(H,19,21)(H2,17,20,22,23)/b16-9+. The number of nitrogens with one attached hydrogen (secondary N) is 3. The molecule has 0 fully saturated rings. The van der Waals surface area contributed by atoms with Crippen molar-refractivity contribution in [2.24, 2.45) is 5.10 Å². The van der Waals surface area contributed by atoms with E-state index >= 15 is 0 Å². The Hall–Kier alpha value is -3.23. The number of para-hydroxylation sites is 1. The zero-order chi connectivity index (χ0) is 17.4. The minimum absolute atomic E-state index is 0.00652. The molecule has 0 atom stereocenters. The highest BCUT2D eigenvalue weighted by molar-refractivity contribution is 5.85. The Morgan fingerprint density at radius 3 is 2.92 bits per heavy atom. The van der Waals surface area contributed by atoms with Crippen molar-refractivity contribution in [1.29, 1.82) is 0 Å². The molecule has 0 unspecified atom stereocenters. The van der Waals surface area contributed by atoms with Crippen LogP contribution in [-0.4, -0.2) is 33.9 Å². The van der Waals surface area contributed by atoms with Gasteiger partial charge >= 0.3 is 5.69 Å². The van der Waals surface area contributed by atoms with Crippen LogP contribution in [-0.2, 0) is 11.2 Å². The lowest BCUT2D eigenvalue weighted by Gasteiger charge is -2.05. The first kappa shape index (κ1) is 17.1. The second kappa shape index (κ2) is 8.42. The zero-order valence-corrected chi connectivity index (χ0v) is 13.0. The first-order valence-corrected chi connectivity index (χ1v) is 7.31. The average molecular weight is 331 g/mol. The summed E-state index contributed by atoms with van der Waals surface area (Å²) in [5, 5.41) is 9.57. The Bertz CT molecular complexity index is 840. The van der Waals surface area contributed by atoms with Crippen LogP contribution in [0.5, 0.6) is 5.75 Å². The van der Waals surface area contributed by atoms with Gasteiger partial charge in [0.1, 0.15) is 11.4 Å². The number of aryl methyl sites for hydroxylation is 1. The molecule has 0 aliphatic carbocycles. The molecule has 2 aromatic rings. The van der Waals surface area contributed by atoms with Gasteiger partial charge in [-0.15, -0.1) is 0 Å². The number of H-pyrrole nitrogens is 2. The molecule has 1 amide bonds. The first-order chi connectivity index (χ1) is 11.6. The molecule has 0 radical (unpaired) electrons. The van der Waals surface area contributed by atoms with Crippen molar-refractivity contribution in [2.75, 3.05) is 6.61 Å². The molecule has 0 saturated heterocycles. The number of hydrazone groups is 1. The smallest absolute Gasteiger partial charge is 0.342 e. The summed E-state index contributed by atoms with van der Waals surface area (Å²) in [6.45, 7) is 2.40. The number of carbonyl (C=O) groups is 1. The van der Waals surface area contributed by atoms with E-state index in [-0.39, 0.29) is 24.4 Å². The highest BCUT2D eigenvalue weighted by Gasteiger charge is 2.06. The summed E-state index contributed by atoms with van der Waals surface area (Å²) in [6, 6.07) is 7.29. The quantitative estimate of drug-likeness (QED) is 0.483. The Balaban J connectivity index is 1.89. The van der Waals surface area contributed by atoms with Gasteiger partial charge in [0.25, 0.3) is 5.56 Å². The number of benzene rings is 1. The molecule has 0 spiro atoms. The van der Waals surface area contributed by atoms with Crippen molar-refractivity contribution in [3.05, 3.63) is 56.4 Å². The van der Waals surface area contributed by atoms with Crippen LogP contribution in [0.1, 0.15) is 24.6 Å². The lowest BCUT2D eigenvalue weighted by molar-refractivity contribution is -0.121. The van der Waals surface area contributed by atoms with Crippen LogP contribution in [0.25, 0.3) is 0 Å². The maximum Gasteiger partial charge on any atom is 0.342 e. The summed E-state index contributed by atoms with van der Waals surface area (Å²) in [6.07, 6.45) is 1.57. The van der Waals surface area contributed by atoms with Crippen molar-refractivity contribution in [3.8, 4) is 5.75 Å². The predicted molar refractivity (Wildman–Crippen MR) is 87.1 cm³/mol. The largest absolute Gasteiger partial charge is 0.493 e. The molecule has 0 saturated carbocycles. The number of aromatic nitrogens is 3. The molecule has 1 aromatic carbocycles. The second-order valence-corrected chi connectivity index (χ2v) is 4.72. The van der Waals surface area contributed by atoms with Crippen molar-refractivity contribution < 1.29 is 9.53 Å². The van der Waals surface area contributed by atoms with E-state index in [1.807, 2.05) is 30.1 Å². The van der Waals surface area contributed by atoms with Crippen LogP contribution in [0.3, 0.4) is 0 Å². The summed E-state index contributed by atoms with van der Waals surface area (Å²) in [5.74, 6) is 0.287. The van der Waals surface area contributed by atoms with Crippen LogP contribution < -0.4 is 21.4 Å². The van der Waals surface area contributed by atoms with Crippen molar-refractivity contribution in [1.82, 2.24) is 20.6 Å². The average Bonchev–Trinajstić information content (AvgIpc) is 2.56. The molecular formula is C15H17N5O4. The Morgan fingerprint density at radius 2 is 2.17 bits per heavy atom. The van der Waals surface area contributed by atoms with E-state index < -0.39 is 11.2 Å². The third-order valence-electron chi connectivity index (χ3n) is 2.98. The fourth-order valence-corrected chi connectivity index (χ4v) is 1.88. The van der Waals surface area contributed by atoms with Crippen molar-refractivity contribution in [2.45, 2.75) is 19.8 Å². The number of amides is 1. The van der Waals surface area contributed by atoms with Gasteiger partial charge in [-0.1, -0.05) is 12.1 Å². The molecule has 9 nitrogen and oxygen atoms in total. The third-order valence-corrected chi connectivity index (χ3v) is 2.98. The van der Waals surface area contributed by atoms with Gasteiger partial charge < -0.3 is 4.74 Å². The maximum atomic E-state index is 11.7. The van der Waals surface area contributed by atoms with Crippen LogP contribution in [0, 0.1) is 0 Å². The maximum absolute atomic E-state index is 11.7. The first-order valence-electron chi connectivity index (χ1n) is 7.31. The molecule has 0 aliphatic rings. The van der Waals surface area contributed by atoms with Crippen LogP contribution in [0.15, 0.2) is 39.0 Å². The van der Waals surface area contributed by atoms with E-state index in [1.165, 1.54) is 6.21 Å². The highest BCUT2D eigenvalue weighted by atomic mass is 16.5. The van der Waals surface area contributed by atoms with Gasteiger partial charge in [0.2, 0.25) is 5.91 Å². The summed E-state index contributed by atoms with van der Waals surface area (Å²) >= 11 is 0. The Kier molecular flexibility index (Phi) is 6.01. The fourth-order valence-electron chi connectivity index (χ4n) is 1.88. The molecule has 3 N–H and O–H groups in total. The van der Waals surface area contributed by atoms with Crippen molar-refractivity contribution in [3.63, 3.8) is 0 Å². The lowest BCUT2D eigenvalue weighted by atomic mass is 10.2. The van der Waals surface area contributed by atoms with Gasteiger partial charge in [0.05, 0.1) is 12.8 Å². The third kappa shape index (κ3) is 4.90. The molecule has 1 aromatic heterocycles. The Labute approximate surface area is 136 Å². The number of nitrogens with zero attached hydrogens (tertiary/aromatic N) is 2. The molecule has 2 rings (SSSR count). The van der Waals surface area contributed by atoms with E-state index in [1.54, 1.807) is 6.07 Å². The van der Waals surface area contributed by atoms with Crippen molar-refractivity contribution >= 4 is 12.1 Å². The molecule has 126 valence electrons. The number of ether oxygens (including phenoxy) is 1. The summed E-state index contributed by atoms with van der Waals surface area (Å²) in [4.78, 5) is 36.1. The second-order valence-electron chi connectivity index (χ2n) is 4.72. The van der Waals surface area contributed by atoms with Gasteiger partial charge in [-0.05, 0) is 19.1 Å². The topological polar surface area (TPSA) is 129 Å². The number of rotatable bonds is 7. The number of carbonyl (C=O) groups excluding carboxylic acids is 1. The zero-order valence-electron chi connectivity index (χ0n) is 13.0. The molecule has 24 heavy (non-hydrogen) atoms. The minimum Gasteiger partial charge on any atom is -0.493 e. The normalized spacial score (nSPS) is 10.7. The van der Waals surface area contributed by atoms with E-state index in [0.717, 1.165) is 5.56 Å². The van der Waals surface area contributed by atoms with Gasteiger partial charge in [-0.3, -0.25) is 14.6 Å². The number of aromatic amines is 2. The van der Waals surface area contributed by atoms with Gasteiger partial charge in [-0.25, -0.2) is 15.3 Å². The highest BCUT2D eigenvalue weighted by Crippen LogP contribution is 2.15. The Morgan fingerprint density at radius 1 is 1.38 bits per heavy atom. The molecule has 9 heteroatoms. The monoisotopic (exact) mass is 331 g/mol. The summed E-state index contributed by atoms with van der Waals surface area (Å²) in [5.41, 5.74) is 1.88. The van der Waals surface area contributed by atoms with Gasteiger partial charge in [-0.2, -0.15) is 10.2 Å². The van der Waals surface area contributed by atoms with Crippen LogP contribution in [0.2, 0.25) is 0 Å². The predicted octanol–water partition coefficient (Wildman–Crippen LogP) is -0.0602. The van der Waals surface area contributed by atoms with E-state index in [2.05, 4.69) is 20.7 Å². The van der Waals surface area contributed by atoms with E-state index in [0.29, 0.717) is 12.4 Å². The molecule has 0 aliphatic heterocycles. The molecular weight excluding hydrogens is 314 g/mol.